The van der Waals surface area contributed by atoms with Gasteiger partial charge in [0.2, 0.25) is 0 Å². The van der Waals surface area contributed by atoms with E-state index in [2.05, 4.69) is 10.0 Å². The standard InChI is InChI=1S/C19H26N4O5S/c1-22(2)29(27,28)21-11-10-20-17(24)13-8-9-15-16(12-13)19(26)23(18(15)25)14-6-4-3-5-7-14/h8-9,12,14,21H,3-7,10-11H2,1-2H3,(H,20,24). The topological polar surface area (TPSA) is 116 Å². The molecule has 3 rings (SSSR count). The van der Waals surface area contributed by atoms with Crippen LogP contribution in [0.3, 0.4) is 0 Å². The van der Waals surface area contributed by atoms with Gasteiger partial charge in [0.1, 0.15) is 0 Å². The van der Waals surface area contributed by atoms with Crippen molar-refractivity contribution in [2.75, 3.05) is 27.2 Å². The summed E-state index contributed by atoms with van der Waals surface area (Å²) < 4.78 is 26.6. The fourth-order valence-electron chi connectivity index (χ4n) is 3.66. The van der Waals surface area contributed by atoms with Crippen molar-refractivity contribution in [2.24, 2.45) is 0 Å². The molecule has 158 valence electrons. The Bertz CT molecular complexity index is 923. The third-order valence-corrected chi connectivity index (χ3v) is 6.83. The Morgan fingerprint density at radius 1 is 1.07 bits per heavy atom. The van der Waals surface area contributed by atoms with Crippen molar-refractivity contribution in [2.45, 2.75) is 38.1 Å². The molecule has 10 heteroatoms. The molecule has 1 aromatic carbocycles. The van der Waals surface area contributed by atoms with E-state index in [1.807, 2.05) is 0 Å². The van der Waals surface area contributed by atoms with Gasteiger partial charge in [0.15, 0.2) is 0 Å². The van der Waals surface area contributed by atoms with Crippen molar-refractivity contribution in [3.8, 4) is 0 Å². The summed E-state index contributed by atoms with van der Waals surface area (Å²) >= 11 is 0. The Morgan fingerprint density at radius 2 is 1.72 bits per heavy atom. The molecule has 1 fully saturated rings. The van der Waals surface area contributed by atoms with Crippen LogP contribution in [0.5, 0.6) is 0 Å². The van der Waals surface area contributed by atoms with E-state index < -0.39 is 16.1 Å². The van der Waals surface area contributed by atoms with Crippen molar-refractivity contribution < 1.29 is 22.8 Å². The number of carbonyl (C=O) groups excluding carboxylic acids is 3. The number of fused-ring (bicyclic) bond motifs is 1. The maximum atomic E-state index is 12.8. The lowest BCUT2D eigenvalue weighted by Crippen LogP contribution is -2.40. The monoisotopic (exact) mass is 422 g/mol. The number of hydrogen-bond donors (Lipinski definition) is 2. The molecule has 1 aliphatic heterocycles. The van der Waals surface area contributed by atoms with Crippen LogP contribution >= 0.6 is 0 Å². The van der Waals surface area contributed by atoms with E-state index in [-0.39, 0.29) is 42.1 Å². The zero-order valence-corrected chi connectivity index (χ0v) is 17.4. The summed E-state index contributed by atoms with van der Waals surface area (Å²) in [6.07, 6.45) is 4.77. The fourth-order valence-corrected chi connectivity index (χ4v) is 4.28. The van der Waals surface area contributed by atoms with Crippen LogP contribution < -0.4 is 10.0 Å². The molecule has 0 atom stereocenters. The highest BCUT2D eigenvalue weighted by atomic mass is 32.2. The van der Waals surface area contributed by atoms with Crippen LogP contribution in [0.4, 0.5) is 0 Å². The van der Waals surface area contributed by atoms with Crippen LogP contribution in [0.2, 0.25) is 0 Å². The first-order chi connectivity index (χ1) is 13.7. The van der Waals surface area contributed by atoms with E-state index in [1.165, 1.54) is 37.2 Å². The number of nitrogens with one attached hydrogen (secondary N) is 2. The molecule has 1 aromatic rings. The van der Waals surface area contributed by atoms with E-state index in [0.29, 0.717) is 5.56 Å². The van der Waals surface area contributed by atoms with Gasteiger partial charge in [0.25, 0.3) is 27.9 Å². The van der Waals surface area contributed by atoms with Gasteiger partial charge in [0.05, 0.1) is 11.1 Å². The van der Waals surface area contributed by atoms with Gasteiger partial charge in [-0.3, -0.25) is 19.3 Å². The number of rotatable bonds is 7. The number of hydrogen-bond acceptors (Lipinski definition) is 5. The zero-order valence-electron chi connectivity index (χ0n) is 16.6. The van der Waals surface area contributed by atoms with Crippen LogP contribution in [0.25, 0.3) is 0 Å². The van der Waals surface area contributed by atoms with Gasteiger partial charge in [-0.25, -0.2) is 4.72 Å². The van der Waals surface area contributed by atoms with Gasteiger partial charge in [-0.2, -0.15) is 12.7 Å². The molecule has 3 amide bonds. The molecule has 0 bridgehead atoms. The summed E-state index contributed by atoms with van der Waals surface area (Å²) in [7, 11) is -0.749. The molecular formula is C19H26N4O5S. The number of carbonyl (C=O) groups is 3. The number of nitrogens with zero attached hydrogens (tertiary/aromatic N) is 2. The third kappa shape index (κ3) is 4.49. The second-order valence-electron chi connectivity index (χ2n) is 7.47. The lowest BCUT2D eigenvalue weighted by atomic mass is 9.94. The average Bonchev–Trinajstić information content (AvgIpc) is 2.95. The first kappa shape index (κ1) is 21.4. The van der Waals surface area contributed by atoms with Crippen LogP contribution in [0.15, 0.2) is 18.2 Å². The van der Waals surface area contributed by atoms with E-state index in [9.17, 15) is 22.8 Å². The molecular weight excluding hydrogens is 396 g/mol. The highest BCUT2D eigenvalue weighted by molar-refractivity contribution is 7.87. The quantitative estimate of drug-likeness (QED) is 0.497. The molecule has 1 aliphatic carbocycles. The summed E-state index contributed by atoms with van der Waals surface area (Å²) in [4.78, 5) is 39.2. The molecule has 0 aromatic heterocycles. The molecule has 0 radical (unpaired) electrons. The fraction of sp³-hybridized carbons (Fsp3) is 0.526. The van der Waals surface area contributed by atoms with E-state index in [0.717, 1.165) is 36.4 Å². The molecule has 0 spiro atoms. The summed E-state index contributed by atoms with van der Waals surface area (Å²) in [5.41, 5.74) is 0.836. The van der Waals surface area contributed by atoms with Crippen molar-refractivity contribution in [3.05, 3.63) is 34.9 Å². The minimum Gasteiger partial charge on any atom is -0.351 e. The molecule has 1 heterocycles. The predicted molar refractivity (Wildman–Crippen MR) is 107 cm³/mol. The van der Waals surface area contributed by atoms with E-state index >= 15 is 0 Å². The van der Waals surface area contributed by atoms with Gasteiger partial charge in [-0.15, -0.1) is 0 Å². The maximum absolute atomic E-state index is 12.8. The van der Waals surface area contributed by atoms with Crippen molar-refractivity contribution in [1.82, 2.24) is 19.2 Å². The molecule has 9 nitrogen and oxygen atoms in total. The highest BCUT2D eigenvalue weighted by Crippen LogP contribution is 2.31. The predicted octanol–water partition coefficient (Wildman–Crippen LogP) is 0.741. The van der Waals surface area contributed by atoms with Crippen LogP contribution in [-0.4, -0.2) is 68.6 Å². The summed E-state index contributed by atoms with van der Waals surface area (Å²) in [5, 5.41) is 2.61. The van der Waals surface area contributed by atoms with E-state index in [4.69, 9.17) is 0 Å². The first-order valence-electron chi connectivity index (χ1n) is 9.69. The van der Waals surface area contributed by atoms with Gasteiger partial charge < -0.3 is 5.32 Å². The van der Waals surface area contributed by atoms with Gasteiger partial charge in [-0.1, -0.05) is 19.3 Å². The first-order valence-corrected chi connectivity index (χ1v) is 11.1. The summed E-state index contributed by atoms with van der Waals surface area (Å²) in [6.45, 7) is 0.119. The Morgan fingerprint density at radius 3 is 2.38 bits per heavy atom. The minimum atomic E-state index is -3.55. The molecule has 2 aliphatic rings. The average molecular weight is 423 g/mol. The van der Waals surface area contributed by atoms with Crippen LogP contribution in [0.1, 0.15) is 63.2 Å². The van der Waals surface area contributed by atoms with Crippen molar-refractivity contribution >= 4 is 27.9 Å². The van der Waals surface area contributed by atoms with Gasteiger partial charge in [-0.05, 0) is 31.0 Å². The second kappa shape index (κ2) is 8.60. The Balaban J connectivity index is 1.64. The summed E-state index contributed by atoms with van der Waals surface area (Å²) in [6, 6.07) is 4.39. The molecule has 2 N–H and O–H groups in total. The third-order valence-electron chi connectivity index (χ3n) is 5.30. The number of imide groups is 1. The number of amides is 3. The Hall–Kier alpha value is -2.30. The summed E-state index contributed by atoms with van der Waals surface area (Å²) in [5.74, 6) is -1.07. The van der Waals surface area contributed by atoms with Crippen molar-refractivity contribution in [3.63, 3.8) is 0 Å². The molecule has 0 saturated heterocycles. The second-order valence-corrected chi connectivity index (χ2v) is 9.44. The number of benzene rings is 1. The largest absolute Gasteiger partial charge is 0.351 e. The van der Waals surface area contributed by atoms with Gasteiger partial charge >= 0.3 is 0 Å². The smallest absolute Gasteiger partial charge is 0.278 e. The van der Waals surface area contributed by atoms with Crippen molar-refractivity contribution in [1.29, 1.82) is 0 Å². The molecule has 1 saturated carbocycles. The molecule has 29 heavy (non-hydrogen) atoms. The Labute approximate surface area is 170 Å². The molecule has 0 unspecified atom stereocenters. The lowest BCUT2D eigenvalue weighted by molar-refractivity contribution is 0.0548. The minimum absolute atomic E-state index is 0.0318. The SMILES string of the molecule is CN(C)S(=O)(=O)NCCNC(=O)c1ccc2c(c1)C(=O)N(C1CCCCC1)C2=O. The maximum Gasteiger partial charge on any atom is 0.278 e. The van der Waals surface area contributed by atoms with Crippen LogP contribution in [0, 0.1) is 0 Å². The lowest BCUT2D eigenvalue weighted by Gasteiger charge is -2.29. The van der Waals surface area contributed by atoms with E-state index in [1.54, 1.807) is 0 Å². The highest BCUT2D eigenvalue weighted by Gasteiger charge is 2.40. The van der Waals surface area contributed by atoms with Crippen LogP contribution in [-0.2, 0) is 10.2 Å². The Kier molecular flexibility index (Phi) is 6.35. The van der Waals surface area contributed by atoms with Gasteiger partial charge in [0, 0.05) is 38.8 Å². The zero-order chi connectivity index (χ0) is 21.2. The normalized spacial score (nSPS) is 17.7.